The third kappa shape index (κ3) is 5.06. The summed E-state index contributed by atoms with van der Waals surface area (Å²) in [6, 6.07) is 5.69. The van der Waals surface area contributed by atoms with E-state index < -0.39 is 5.97 Å². The molecule has 19 heavy (non-hydrogen) atoms. The molecule has 0 amide bonds. The van der Waals surface area contributed by atoms with E-state index in [-0.39, 0.29) is 0 Å². The number of rotatable bonds is 7. The number of benzene rings is 1. The Morgan fingerprint density at radius 1 is 1.05 bits per heavy atom. The van der Waals surface area contributed by atoms with Crippen LogP contribution in [0.2, 0.25) is 0 Å². The Bertz CT molecular complexity index is 419. The van der Waals surface area contributed by atoms with Gasteiger partial charge < -0.3 is 5.11 Å². The largest absolute Gasteiger partial charge is 0.478 e. The maximum atomic E-state index is 11.4. The van der Waals surface area contributed by atoms with Gasteiger partial charge >= 0.3 is 5.97 Å². The van der Waals surface area contributed by atoms with E-state index in [1.165, 1.54) is 5.56 Å². The van der Waals surface area contributed by atoms with E-state index in [1.54, 1.807) is 6.07 Å². The van der Waals surface area contributed by atoms with Crippen molar-refractivity contribution in [3.05, 3.63) is 34.9 Å². The van der Waals surface area contributed by atoms with Crippen LogP contribution in [0.15, 0.2) is 18.2 Å². The van der Waals surface area contributed by atoms with Gasteiger partial charge in [-0.05, 0) is 54.7 Å². The molecule has 0 bridgehead atoms. The number of aryl methyl sites for hydroxylation is 1. The van der Waals surface area contributed by atoms with Gasteiger partial charge in [-0.3, -0.25) is 0 Å². The Kier molecular flexibility index (Phi) is 6.07. The fourth-order valence-corrected chi connectivity index (χ4v) is 2.24. The van der Waals surface area contributed by atoms with Crippen molar-refractivity contribution in [1.82, 2.24) is 0 Å². The van der Waals surface area contributed by atoms with E-state index >= 15 is 0 Å². The number of carboxylic acid groups (broad SMARTS) is 1. The molecule has 0 unspecified atom stereocenters. The summed E-state index contributed by atoms with van der Waals surface area (Å²) in [6.07, 6.45) is 4.00. The topological polar surface area (TPSA) is 37.3 Å². The maximum absolute atomic E-state index is 11.4. The molecule has 0 aromatic heterocycles. The van der Waals surface area contributed by atoms with Gasteiger partial charge in [0.25, 0.3) is 0 Å². The molecule has 0 aliphatic carbocycles. The predicted molar refractivity (Wildman–Crippen MR) is 79.7 cm³/mol. The highest BCUT2D eigenvalue weighted by molar-refractivity contribution is 5.89. The zero-order valence-electron chi connectivity index (χ0n) is 12.6. The first-order chi connectivity index (χ1) is 8.91. The van der Waals surface area contributed by atoms with Gasteiger partial charge in [-0.15, -0.1) is 0 Å². The molecule has 0 saturated carbocycles. The van der Waals surface area contributed by atoms with Gasteiger partial charge in [0.15, 0.2) is 0 Å². The number of aromatic carboxylic acids is 1. The second-order valence-electron chi connectivity index (χ2n) is 6.11. The van der Waals surface area contributed by atoms with Crippen LogP contribution in [0.25, 0.3) is 0 Å². The highest BCUT2D eigenvalue weighted by Crippen LogP contribution is 2.21. The molecule has 0 radical (unpaired) electrons. The summed E-state index contributed by atoms with van der Waals surface area (Å²) in [4.78, 5) is 11.4. The number of hydrogen-bond acceptors (Lipinski definition) is 1. The minimum Gasteiger partial charge on any atom is -0.478 e. The summed E-state index contributed by atoms with van der Waals surface area (Å²) < 4.78 is 0. The lowest BCUT2D eigenvalue weighted by molar-refractivity contribution is 0.0695. The molecule has 2 nitrogen and oxygen atoms in total. The molecule has 2 heteroatoms. The van der Waals surface area contributed by atoms with Crippen molar-refractivity contribution in [1.29, 1.82) is 0 Å². The van der Waals surface area contributed by atoms with Gasteiger partial charge in [-0.2, -0.15) is 0 Å². The quantitative estimate of drug-likeness (QED) is 0.782. The third-order valence-electron chi connectivity index (χ3n) is 3.47. The van der Waals surface area contributed by atoms with E-state index in [0.717, 1.165) is 31.2 Å². The highest BCUT2D eigenvalue weighted by atomic mass is 16.4. The number of carbonyl (C=O) groups is 1. The third-order valence-corrected chi connectivity index (χ3v) is 3.47. The summed E-state index contributed by atoms with van der Waals surface area (Å²) in [6.45, 7) is 8.76. The Morgan fingerprint density at radius 3 is 2.16 bits per heavy atom. The summed E-state index contributed by atoms with van der Waals surface area (Å²) in [7, 11) is 0. The van der Waals surface area contributed by atoms with E-state index in [4.69, 9.17) is 0 Å². The maximum Gasteiger partial charge on any atom is 0.335 e. The molecule has 1 aromatic carbocycles. The van der Waals surface area contributed by atoms with Crippen LogP contribution in [0.1, 0.15) is 62.0 Å². The normalized spacial score (nSPS) is 11.3. The molecular weight excluding hydrogens is 236 g/mol. The van der Waals surface area contributed by atoms with Gasteiger partial charge in [0.2, 0.25) is 0 Å². The zero-order valence-corrected chi connectivity index (χ0v) is 12.6. The van der Waals surface area contributed by atoms with Gasteiger partial charge in [-0.25, -0.2) is 4.79 Å². The molecule has 0 atom stereocenters. The van der Waals surface area contributed by atoms with Gasteiger partial charge in [0.1, 0.15) is 0 Å². The molecule has 1 N–H and O–H groups in total. The summed E-state index contributed by atoms with van der Waals surface area (Å²) >= 11 is 0. The lowest BCUT2D eigenvalue weighted by Crippen LogP contribution is -2.08. The van der Waals surface area contributed by atoms with Crippen LogP contribution in [0.3, 0.4) is 0 Å². The van der Waals surface area contributed by atoms with Crippen LogP contribution in [0.5, 0.6) is 0 Å². The summed E-state index contributed by atoms with van der Waals surface area (Å²) in [5, 5.41) is 9.33. The van der Waals surface area contributed by atoms with Crippen LogP contribution in [-0.2, 0) is 12.8 Å². The zero-order chi connectivity index (χ0) is 14.4. The Morgan fingerprint density at radius 2 is 1.63 bits per heavy atom. The van der Waals surface area contributed by atoms with Crippen LogP contribution >= 0.6 is 0 Å². The fourth-order valence-electron chi connectivity index (χ4n) is 2.24. The van der Waals surface area contributed by atoms with Crippen molar-refractivity contribution in [3.8, 4) is 0 Å². The van der Waals surface area contributed by atoms with Crippen molar-refractivity contribution in [2.24, 2.45) is 11.8 Å². The minimum atomic E-state index is -0.801. The first-order valence-electron chi connectivity index (χ1n) is 7.25. The first kappa shape index (κ1) is 15.7. The van der Waals surface area contributed by atoms with Gasteiger partial charge in [0, 0.05) is 0 Å². The molecule has 0 aliphatic heterocycles. The molecule has 1 aromatic rings. The summed E-state index contributed by atoms with van der Waals surface area (Å²) in [5.74, 6) is 0.441. The second kappa shape index (κ2) is 7.32. The van der Waals surface area contributed by atoms with Crippen LogP contribution < -0.4 is 0 Å². The Balaban J connectivity index is 2.99. The molecule has 106 valence electrons. The van der Waals surface area contributed by atoms with Crippen molar-refractivity contribution in [2.75, 3.05) is 0 Å². The van der Waals surface area contributed by atoms with Crippen molar-refractivity contribution in [2.45, 2.75) is 53.4 Å². The average Bonchev–Trinajstić information content (AvgIpc) is 2.33. The van der Waals surface area contributed by atoms with Crippen LogP contribution in [0, 0.1) is 11.8 Å². The van der Waals surface area contributed by atoms with Crippen molar-refractivity contribution >= 4 is 5.97 Å². The van der Waals surface area contributed by atoms with Gasteiger partial charge in [-0.1, -0.05) is 39.8 Å². The highest BCUT2D eigenvalue weighted by Gasteiger charge is 2.14. The molecule has 0 saturated heterocycles. The van der Waals surface area contributed by atoms with Crippen LogP contribution in [-0.4, -0.2) is 11.1 Å². The average molecular weight is 262 g/mol. The van der Waals surface area contributed by atoms with Gasteiger partial charge in [0.05, 0.1) is 5.56 Å². The smallest absolute Gasteiger partial charge is 0.335 e. The Labute approximate surface area is 116 Å². The minimum absolute atomic E-state index is 0.488. The molecule has 0 spiro atoms. The summed E-state index contributed by atoms with van der Waals surface area (Å²) in [5.41, 5.74) is 2.75. The SMILES string of the molecule is CC(C)CCc1cccc(C(=O)O)c1CCC(C)C. The van der Waals surface area contributed by atoms with E-state index in [2.05, 4.69) is 33.8 Å². The van der Waals surface area contributed by atoms with E-state index in [1.807, 2.05) is 6.07 Å². The monoisotopic (exact) mass is 262 g/mol. The lowest BCUT2D eigenvalue weighted by Gasteiger charge is -2.15. The van der Waals surface area contributed by atoms with Crippen molar-refractivity contribution < 1.29 is 9.90 Å². The van der Waals surface area contributed by atoms with E-state index in [9.17, 15) is 9.90 Å². The molecular formula is C17H26O2. The molecule has 0 heterocycles. The predicted octanol–water partition coefficient (Wildman–Crippen LogP) is 4.56. The molecule has 0 aliphatic rings. The Hall–Kier alpha value is -1.31. The molecule has 0 fully saturated rings. The van der Waals surface area contributed by atoms with E-state index in [0.29, 0.717) is 17.4 Å². The number of hydrogen-bond donors (Lipinski definition) is 1. The number of carboxylic acids is 1. The van der Waals surface area contributed by atoms with Crippen LogP contribution in [0.4, 0.5) is 0 Å². The lowest BCUT2D eigenvalue weighted by atomic mass is 9.90. The fraction of sp³-hybridized carbons (Fsp3) is 0.588. The standard InChI is InChI=1S/C17H26O2/c1-12(2)8-10-14-6-5-7-16(17(18)19)15(14)11-9-13(3)4/h5-7,12-13H,8-11H2,1-4H3,(H,18,19). The van der Waals surface area contributed by atoms with Crippen molar-refractivity contribution in [3.63, 3.8) is 0 Å². The first-order valence-corrected chi connectivity index (χ1v) is 7.25. The molecule has 1 rings (SSSR count). The second-order valence-corrected chi connectivity index (χ2v) is 6.11.